The van der Waals surface area contributed by atoms with Gasteiger partial charge in [-0.2, -0.15) is 4.98 Å². The second kappa shape index (κ2) is 5.29. The van der Waals surface area contributed by atoms with Crippen molar-refractivity contribution in [1.82, 2.24) is 10.1 Å². The summed E-state index contributed by atoms with van der Waals surface area (Å²) >= 11 is 6.80. The van der Waals surface area contributed by atoms with Gasteiger partial charge in [0, 0.05) is 8.95 Å². The number of hydrogen-bond donors (Lipinski definition) is 1. The summed E-state index contributed by atoms with van der Waals surface area (Å²) in [4.78, 5) is 4.17. The summed E-state index contributed by atoms with van der Waals surface area (Å²) in [7, 11) is 0. The highest BCUT2D eigenvalue weighted by atomic mass is 79.9. The molecule has 0 aliphatic heterocycles. The largest absolute Gasteiger partial charge is 0.385 e. The van der Waals surface area contributed by atoms with Crippen LogP contribution >= 0.6 is 31.9 Å². The zero-order valence-corrected chi connectivity index (χ0v) is 12.2. The van der Waals surface area contributed by atoms with Crippen LogP contribution in [0.1, 0.15) is 25.3 Å². The van der Waals surface area contributed by atoms with Gasteiger partial charge in [0.15, 0.2) is 0 Å². The minimum Gasteiger partial charge on any atom is -0.385 e. The molecule has 0 amide bonds. The molecule has 0 saturated carbocycles. The van der Waals surface area contributed by atoms with Crippen LogP contribution in [0.4, 0.5) is 0 Å². The van der Waals surface area contributed by atoms with Crippen LogP contribution < -0.4 is 0 Å². The summed E-state index contributed by atoms with van der Waals surface area (Å²) in [5.41, 5.74) is 0.793. The summed E-state index contributed by atoms with van der Waals surface area (Å²) in [6, 6.07) is 5.67. The molecule has 6 heteroatoms. The van der Waals surface area contributed by atoms with Crippen LogP contribution in [0, 0.1) is 0 Å². The van der Waals surface area contributed by atoms with E-state index < -0.39 is 6.10 Å². The van der Waals surface area contributed by atoms with Crippen molar-refractivity contribution in [1.29, 1.82) is 0 Å². The van der Waals surface area contributed by atoms with E-state index in [9.17, 15) is 5.11 Å². The fourth-order valence-electron chi connectivity index (χ4n) is 1.32. The van der Waals surface area contributed by atoms with E-state index in [-0.39, 0.29) is 0 Å². The van der Waals surface area contributed by atoms with Crippen molar-refractivity contribution >= 4 is 31.9 Å². The van der Waals surface area contributed by atoms with Gasteiger partial charge >= 0.3 is 0 Å². The summed E-state index contributed by atoms with van der Waals surface area (Å²) in [6.07, 6.45) is -0.128. The second-order valence-corrected chi connectivity index (χ2v) is 5.28. The van der Waals surface area contributed by atoms with Crippen molar-refractivity contribution in [3.63, 3.8) is 0 Å². The van der Waals surface area contributed by atoms with Gasteiger partial charge in [0.05, 0.1) is 5.56 Å². The van der Waals surface area contributed by atoms with Gasteiger partial charge in [0.25, 0.3) is 5.89 Å². The molecule has 0 spiro atoms. The van der Waals surface area contributed by atoms with Gasteiger partial charge in [-0.25, -0.2) is 0 Å². The molecule has 0 saturated heterocycles. The molecule has 90 valence electrons. The van der Waals surface area contributed by atoms with Crippen LogP contribution in [-0.2, 0) is 0 Å². The molecule has 17 heavy (non-hydrogen) atoms. The van der Waals surface area contributed by atoms with Crippen molar-refractivity contribution in [2.75, 3.05) is 0 Å². The van der Waals surface area contributed by atoms with Crippen molar-refractivity contribution in [3.05, 3.63) is 33.0 Å². The lowest BCUT2D eigenvalue weighted by molar-refractivity contribution is 0.159. The van der Waals surface area contributed by atoms with Gasteiger partial charge in [0.1, 0.15) is 6.10 Å². The maximum Gasteiger partial charge on any atom is 0.259 e. The number of hydrogen-bond acceptors (Lipinski definition) is 4. The first-order chi connectivity index (χ1) is 8.11. The van der Waals surface area contributed by atoms with Gasteiger partial charge < -0.3 is 9.63 Å². The minimum atomic E-state index is -0.682. The Labute approximate surface area is 115 Å². The van der Waals surface area contributed by atoms with Crippen LogP contribution in [0.2, 0.25) is 0 Å². The predicted octanol–water partition coefficient (Wildman–Crippen LogP) is 3.71. The topological polar surface area (TPSA) is 59.2 Å². The van der Waals surface area contributed by atoms with Crippen molar-refractivity contribution < 1.29 is 9.63 Å². The molecule has 1 atom stereocenters. The zero-order chi connectivity index (χ0) is 12.4. The van der Waals surface area contributed by atoms with Crippen molar-refractivity contribution in [2.45, 2.75) is 19.4 Å². The molecule has 0 aliphatic carbocycles. The quantitative estimate of drug-likeness (QED) is 0.905. The number of rotatable bonds is 3. The van der Waals surface area contributed by atoms with Crippen molar-refractivity contribution in [3.8, 4) is 11.5 Å². The molecule has 1 heterocycles. The monoisotopic (exact) mass is 360 g/mol. The highest BCUT2D eigenvalue weighted by Gasteiger charge is 2.16. The maximum absolute atomic E-state index is 9.61. The van der Waals surface area contributed by atoms with E-state index in [0.29, 0.717) is 18.1 Å². The van der Waals surface area contributed by atoms with Crippen molar-refractivity contribution in [2.24, 2.45) is 0 Å². The van der Waals surface area contributed by atoms with E-state index >= 15 is 0 Å². The Kier molecular flexibility index (Phi) is 3.96. The van der Waals surface area contributed by atoms with E-state index in [4.69, 9.17) is 4.52 Å². The van der Waals surface area contributed by atoms with Gasteiger partial charge in [-0.1, -0.05) is 28.0 Å². The summed E-state index contributed by atoms with van der Waals surface area (Å²) in [5, 5.41) is 13.4. The molecule has 0 bridgehead atoms. The molecule has 0 radical (unpaired) electrons. The minimum absolute atomic E-state index is 0.314. The van der Waals surface area contributed by atoms with Gasteiger partial charge in [-0.3, -0.25) is 0 Å². The first-order valence-electron chi connectivity index (χ1n) is 5.09. The van der Waals surface area contributed by atoms with E-state index in [1.165, 1.54) is 0 Å². The van der Waals surface area contributed by atoms with E-state index in [0.717, 1.165) is 14.5 Å². The maximum atomic E-state index is 9.61. The zero-order valence-electron chi connectivity index (χ0n) is 9.02. The lowest BCUT2D eigenvalue weighted by Crippen LogP contribution is -1.97. The van der Waals surface area contributed by atoms with Crippen LogP contribution in [0.5, 0.6) is 0 Å². The summed E-state index contributed by atoms with van der Waals surface area (Å²) < 4.78 is 6.92. The van der Waals surface area contributed by atoms with Gasteiger partial charge in [-0.15, -0.1) is 0 Å². The highest BCUT2D eigenvalue weighted by Crippen LogP contribution is 2.30. The average molecular weight is 362 g/mol. The molecule has 0 aliphatic rings. The predicted molar refractivity (Wildman–Crippen MR) is 70.4 cm³/mol. The molecular weight excluding hydrogens is 352 g/mol. The third-order valence-corrected chi connectivity index (χ3v) is 3.47. The Hall–Kier alpha value is -0.720. The number of benzene rings is 1. The Morgan fingerprint density at radius 1 is 1.41 bits per heavy atom. The molecule has 1 unspecified atom stereocenters. The second-order valence-electron chi connectivity index (χ2n) is 3.51. The summed E-state index contributed by atoms with van der Waals surface area (Å²) in [5.74, 6) is 0.704. The van der Waals surface area contributed by atoms with Crippen LogP contribution in [0.25, 0.3) is 11.5 Å². The first kappa shape index (κ1) is 12.7. The van der Waals surface area contributed by atoms with Crippen LogP contribution in [0.15, 0.2) is 31.7 Å². The number of aliphatic hydroxyl groups excluding tert-OH is 1. The number of aromatic nitrogens is 2. The Bertz CT molecular complexity index is 528. The first-order valence-corrected chi connectivity index (χ1v) is 6.67. The SMILES string of the molecule is CCC(O)c1noc(-c2cc(Br)ccc2Br)n1. The fourth-order valence-corrected chi connectivity index (χ4v) is 2.10. The van der Waals surface area contributed by atoms with E-state index in [1.54, 1.807) is 0 Å². The lowest BCUT2D eigenvalue weighted by atomic mass is 10.2. The molecule has 1 N–H and O–H groups in total. The molecular formula is C11H10Br2N2O2. The molecule has 0 fully saturated rings. The average Bonchev–Trinajstić information content (AvgIpc) is 2.80. The smallest absolute Gasteiger partial charge is 0.259 e. The molecule has 4 nitrogen and oxygen atoms in total. The summed E-state index contributed by atoms with van der Waals surface area (Å²) in [6.45, 7) is 1.86. The normalized spacial score (nSPS) is 12.7. The molecule has 2 aromatic rings. The molecule has 1 aromatic heterocycles. The number of nitrogens with zero attached hydrogens (tertiary/aromatic N) is 2. The van der Waals surface area contributed by atoms with E-state index in [2.05, 4.69) is 42.0 Å². The van der Waals surface area contributed by atoms with Gasteiger partial charge in [0.2, 0.25) is 5.82 Å². The Morgan fingerprint density at radius 3 is 2.88 bits per heavy atom. The molecule has 2 rings (SSSR count). The standard InChI is InChI=1S/C11H10Br2N2O2/c1-2-9(16)10-14-11(17-15-10)7-5-6(12)3-4-8(7)13/h3-5,9,16H,2H2,1H3. The van der Waals surface area contributed by atoms with Crippen LogP contribution in [0.3, 0.4) is 0 Å². The Morgan fingerprint density at radius 2 is 2.18 bits per heavy atom. The lowest BCUT2D eigenvalue weighted by Gasteiger charge is -2.00. The van der Waals surface area contributed by atoms with Crippen LogP contribution in [-0.4, -0.2) is 15.2 Å². The molecule has 1 aromatic carbocycles. The van der Waals surface area contributed by atoms with E-state index in [1.807, 2.05) is 25.1 Å². The third kappa shape index (κ3) is 2.75. The fraction of sp³-hybridized carbons (Fsp3) is 0.273. The Balaban J connectivity index is 2.40. The highest BCUT2D eigenvalue weighted by molar-refractivity contribution is 9.11. The van der Waals surface area contributed by atoms with Gasteiger partial charge in [-0.05, 0) is 40.5 Å². The third-order valence-electron chi connectivity index (χ3n) is 2.29. The number of aliphatic hydroxyl groups is 1. The number of halogens is 2.